The maximum absolute atomic E-state index is 11.8. The number of aromatic hydroxyl groups is 1. The van der Waals surface area contributed by atoms with Gasteiger partial charge in [0.1, 0.15) is 11.5 Å². The van der Waals surface area contributed by atoms with Gasteiger partial charge in [0, 0.05) is 22.1 Å². The van der Waals surface area contributed by atoms with Crippen molar-refractivity contribution in [3.63, 3.8) is 0 Å². The summed E-state index contributed by atoms with van der Waals surface area (Å²) in [6.45, 7) is -0.175. The van der Waals surface area contributed by atoms with Crippen LogP contribution in [0.4, 0.5) is 0 Å². The van der Waals surface area contributed by atoms with E-state index in [-0.39, 0.29) is 17.4 Å². The second kappa shape index (κ2) is 9.59. The summed E-state index contributed by atoms with van der Waals surface area (Å²) in [6, 6.07) is 10.7. The molecule has 1 saturated heterocycles. The normalized spacial score (nSPS) is 14.6. The van der Waals surface area contributed by atoms with Crippen LogP contribution in [0.25, 0.3) is 0 Å². The molecule has 1 heterocycles. The van der Waals surface area contributed by atoms with E-state index in [4.69, 9.17) is 27.9 Å². The molecule has 2 aromatic carbocycles. The number of nitrogens with zero attached hydrogens (tertiary/aromatic N) is 1. The number of hydrogen-bond acceptors (Lipinski definition) is 6. The fourth-order valence-electron chi connectivity index (χ4n) is 2.31. The molecule has 1 aliphatic rings. The Bertz CT molecular complexity index is 841. The minimum absolute atomic E-state index is 0.108. The SMILES string of the molecule is O=C(COc1ccc(C2SCCS2)cc1)N/N=C\c1cc(Cl)cc(Cl)c1O. The number of hydrazone groups is 1. The van der Waals surface area contributed by atoms with Gasteiger partial charge in [-0.15, -0.1) is 23.5 Å². The summed E-state index contributed by atoms with van der Waals surface area (Å²) in [5.41, 5.74) is 3.88. The third-order valence-corrected chi connectivity index (χ3v) is 7.21. The third kappa shape index (κ3) is 5.72. The maximum atomic E-state index is 11.8. The van der Waals surface area contributed by atoms with E-state index in [1.807, 2.05) is 47.8 Å². The van der Waals surface area contributed by atoms with Gasteiger partial charge in [0.25, 0.3) is 5.91 Å². The van der Waals surface area contributed by atoms with Gasteiger partial charge in [-0.25, -0.2) is 5.43 Å². The predicted octanol–water partition coefficient (Wildman–Crippen LogP) is 4.71. The Kier molecular flexibility index (Phi) is 7.18. The van der Waals surface area contributed by atoms with Gasteiger partial charge >= 0.3 is 0 Å². The van der Waals surface area contributed by atoms with Crippen LogP contribution in [0.5, 0.6) is 11.5 Å². The van der Waals surface area contributed by atoms with Crippen LogP contribution in [0, 0.1) is 0 Å². The van der Waals surface area contributed by atoms with E-state index in [2.05, 4.69) is 10.5 Å². The average Bonchev–Trinajstić information content (AvgIpc) is 3.19. The molecule has 0 spiro atoms. The van der Waals surface area contributed by atoms with Crippen molar-refractivity contribution in [2.75, 3.05) is 18.1 Å². The molecule has 27 heavy (non-hydrogen) atoms. The lowest BCUT2D eigenvalue weighted by atomic mass is 10.2. The second-order valence-electron chi connectivity index (χ2n) is 5.55. The molecule has 0 aliphatic carbocycles. The highest BCUT2D eigenvalue weighted by Gasteiger charge is 2.18. The Hall–Kier alpha value is -1.54. The smallest absolute Gasteiger partial charge is 0.277 e. The maximum Gasteiger partial charge on any atom is 0.277 e. The fraction of sp³-hybridized carbons (Fsp3) is 0.222. The van der Waals surface area contributed by atoms with Crippen LogP contribution in [-0.2, 0) is 4.79 Å². The lowest BCUT2D eigenvalue weighted by Crippen LogP contribution is -2.24. The molecule has 1 aliphatic heterocycles. The molecule has 0 atom stereocenters. The number of rotatable bonds is 6. The number of carbonyl (C=O) groups is 1. The van der Waals surface area contributed by atoms with Crippen LogP contribution in [0.15, 0.2) is 41.5 Å². The van der Waals surface area contributed by atoms with Crippen molar-refractivity contribution in [3.8, 4) is 11.5 Å². The number of phenols is 1. The highest BCUT2D eigenvalue weighted by atomic mass is 35.5. The van der Waals surface area contributed by atoms with Gasteiger partial charge in [-0.1, -0.05) is 35.3 Å². The molecule has 1 fully saturated rings. The zero-order valence-electron chi connectivity index (χ0n) is 14.0. The Labute approximate surface area is 175 Å². The summed E-state index contributed by atoms with van der Waals surface area (Å²) in [5, 5.41) is 14.1. The number of amides is 1. The standard InChI is InChI=1S/C18H16Cl2N2O3S2/c19-13-7-12(17(24)15(20)8-13)9-21-22-16(23)10-25-14-3-1-11(2-4-14)18-26-5-6-27-18/h1-4,7-9,18,24H,5-6,10H2,(H,22,23)/b21-9-. The largest absolute Gasteiger partial charge is 0.506 e. The molecule has 2 N–H and O–H groups in total. The van der Waals surface area contributed by atoms with Gasteiger partial charge in [0.2, 0.25) is 0 Å². The number of phenolic OH excluding ortho intramolecular Hbond substituents is 1. The van der Waals surface area contributed by atoms with Crippen molar-refractivity contribution in [3.05, 3.63) is 57.6 Å². The zero-order valence-corrected chi connectivity index (χ0v) is 17.2. The van der Waals surface area contributed by atoms with E-state index in [0.717, 1.165) is 0 Å². The predicted molar refractivity (Wildman–Crippen MR) is 113 cm³/mol. The second-order valence-corrected chi connectivity index (χ2v) is 9.12. The van der Waals surface area contributed by atoms with E-state index < -0.39 is 5.91 Å². The minimum atomic E-state index is -0.426. The first kappa shape index (κ1) is 20.2. The number of ether oxygens (including phenoxy) is 1. The van der Waals surface area contributed by atoms with Crippen molar-refractivity contribution in [1.29, 1.82) is 0 Å². The van der Waals surface area contributed by atoms with Crippen LogP contribution < -0.4 is 10.2 Å². The molecular formula is C18H16Cl2N2O3S2. The zero-order chi connectivity index (χ0) is 19.2. The molecule has 0 radical (unpaired) electrons. The highest BCUT2D eigenvalue weighted by molar-refractivity contribution is 8.19. The van der Waals surface area contributed by atoms with Gasteiger partial charge < -0.3 is 9.84 Å². The first-order valence-corrected chi connectivity index (χ1v) is 10.8. The number of hydrogen-bond donors (Lipinski definition) is 2. The number of thioether (sulfide) groups is 2. The summed E-state index contributed by atoms with van der Waals surface area (Å²) in [7, 11) is 0. The lowest BCUT2D eigenvalue weighted by molar-refractivity contribution is -0.123. The average molecular weight is 443 g/mol. The number of benzene rings is 2. The van der Waals surface area contributed by atoms with Gasteiger partial charge in [-0.2, -0.15) is 5.10 Å². The highest BCUT2D eigenvalue weighted by Crippen LogP contribution is 2.45. The van der Waals surface area contributed by atoms with Gasteiger partial charge in [0.05, 0.1) is 15.8 Å². The summed E-state index contributed by atoms with van der Waals surface area (Å²) in [4.78, 5) is 11.8. The van der Waals surface area contributed by atoms with Gasteiger partial charge in [-0.3, -0.25) is 4.79 Å². The first-order chi connectivity index (χ1) is 13.0. The Balaban J connectivity index is 1.48. The van der Waals surface area contributed by atoms with Crippen molar-refractivity contribution in [2.24, 2.45) is 5.10 Å². The van der Waals surface area contributed by atoms with Gasteiger partial charge in [-0.05, 0) is 29.8 Å². The van der Waals surface area contributed by atoms with Crippen molar-refractivity contribution in [1.82, 2.24) is 5.43 Å². The minimum Gasteiger partial charge on any atom is -0.506 e. The molecule has 3 rings (SSSR count). The third-order valence-electron chi connectivity index (χ3n) is 3.59. The Morgan fingerprint density at radius 1 is 1.26 bits per heavy atom. The molecular weight excluding hydrogens is 427 g/mol. The van der Waals surface area contributed by atoms with Gasteiger partial charge in [0.15, 0.2) is 6.61 Å². The molecule has 0 aromatic heterocycles. The summed E-state index contributed by atoms with van der Waals surface area (Å²) >= 11 is 15.6. The molecule has 2 aromatic rings. The van der Waals surface area contributed by atoms with Crippen molar-refractivity contribution >= 4 is 58.8 Å². The Morgan fingerprint density at radius 2 is 1.96 bits per heavy atom. The Morgan fingerprint density at radius 3 is 2.67 bits per heavy atom. The molecule has 142 valence electrons. The van der Waals surface area contributed by atoms with Crippen molar-refractivity contribution in [2.45, 2.75) is 4.58 Å². The summed E-state index contributed by atoms with van der Waals surface area (Å²) < 4.78 is 5.94. The van der Waals surface area contributed by atoms with Crippen LogP contribution >= 0.6 is 46.7 Å². The van der Waals surface area contributed by atoms with Crippen LogP contribution in [0.1, 0.15) is 15.7 Å². The first-order valence-electron chi connectivity index (χ1n) is 7.99. The number of halogens is 2. The van der Waals surface area contributed by atoms with E-state index in [1.165, 1.54) is 35.4 Å². The summed E-state index contributed by atoms with van der Waals surface area (Å²) in [5.74, 6) is 2.38. The molecule has 9 heteroatoms. The molecule has 1 amide bonds. The van der Waals surface area contributed by atoms with E-state index in [0.29, 0.717) is 20.9 Å². The number of nitrogens with one attached hydrogen (secondary N) is 1. The van der Waals surface area contributed by atoms with Crippen molar-refractivity contribution < 1.29 is 14.6 Å². The van der Waals surface area contributed by atoms with Crippen LogP contribution in [0.2, 0.25) is 10.0 Å². The topological polar surface area (TPSA) is 70.9 Å². The van der Waals surface area contributed by atoms with Crippen LogP contribution in [0.3, 0.4) is 0 Å². The summed E-state index contributed by atoms with van der Waals surface area (Å²) in [6.07, 6.45) is 1.26. The molecule has 5 nitrogen and oxygen atoms in total. The van der Waals surface area contributed by atoms with E-state index in [9.17, 15) is 9.90 Å². The molecule has 0 saturated carbocycles. The molecule has 0 unspecified atom stereocenters. The molecule has 0 bridgehead atoms. The van der Waals surface area contributed by atoms with E-state index in [1.54, 1.807) is 0 Å². The number of carbonyl (C=O) groups excluding carboxylic acids is 1. The van der Waals surface area contributed by atoms with E-state index >= 15 is 0 Å². The lowest BCUT2D eigenvalue weighted by Gasteiger charge is -2.10. The van der Waals surface area contributed by atoms with Crippen LogP contribution in [-0.4, -0.2) is 35.3 Å². The monoisotopic (exact) mass is 442 g/mol. The quantitative estimate of drug-likeness (QED) is 0.500. The fourth-order valence-corrected chi connectivity index (χ4v) is 5.68.